The highest BCUT2D eigenvalue weighted by Crippen LogP contribution is 2.38. The van der Waals surface area contributed by atoms with Crippen LogP contribution in [0.2, 0.25) is 0 Å². The molecule has 3 unspecified atom stereocenters. The summed E-state index contributed by atoms with van der Waals surface area (Å²) in [5, 5.41) is 14.0. The van der Waals surface area contributed by atoms with Crippen LogP contribution in [-0.2, 0) is 18.4 Å². The van der Waals surface area contributed by atoms with E-state index in [2.05, 4.69) is 92.1 Å². The van der Waals surface area contributed by atoms with Crippen molar-refractivity contribution in [3.05, 3.63) is 85.1 Å². The fraction of sp³-hybridized carbons (Fsp3) is 0.815. The summed E-state index contributed by atoms with van der Waals surface area (Å²) < 4.78 is 23.5. The van der Waals surface area contributed by atoms with E-state index in [1.165, 1.54) is 283 Å². The topological polar surface area (TPSA) is 108 Å². The lowest BCUT2D eigenvalue weighted by atomic mass is 10.0. The van der Waals surface area contributed by atoms with Crippen molar-refractivity contribution in [3.63, 3.8) is 0 Å². The number of quaternary nitrogens is 1. The zero-order valence-corrected chi connectivity index (χ0v) is 61.2. The molecule has 526 valence electrons. The highest BCUT2D eigenvalue weighted by atomic mass is 31.2. The quantitative estimate of drug-likeness (QED) is 0.0272. The van der Waals surface area contributed by atoms with Gasteiger partial charge < -0.3 is 28.8 Å². The number of hydrogen-bond acceptors (Lipinski definition) is 6. The number of amides is 1. The van der Waals surface area contributed by atoms with Gasteiger partial charge in [0.2, 0.25) is 5.91 Å². The van der Waals surface area contributed by atoms with E-state index in [1.54, 1.807) is 6.08 Å². The fourth-order valence-corrected chi connectivity index (χ4v) is 12.3. The number of nitrogens with one attached hydrogen (secondary N) is 1. The second-order valence-corrected chi connectivity index (χ2v) is 29.1. The van der Waals surface area contributed by atoms with E-state index in [1.807, 2.05) is 27.2 Å². The van der Waals surface area contributed by atoms with Gasteiger partial charge in [0.05, 0.1) is 39.9 Å². The van der Waals surface area contributed by atoms with E-state index in [4.69, 9.17) is 9.05 Å². The van der Waals surface area contributed by atoms with Crippen LogP contribution in [0.15, 0.2) is 85.1 Å². The Morgan fingerprint density at radius 1 is 0.400 bits per heavy atom. The Bertz CT molecular complexity index is 1750. The number of phosphoric acid groups is 1. The summed E-state index contributed by atoms with van der Waals surface area (Å²) in [6, 6.07) is -0.906. The number of allylic oxidation sites excluding steroid dienone is 13. The maximum atomic E-state index is 13.1. The molecule has 8 nitrogen and oxygen atoms in total. The number of nitrogens with zero attached hydrogens (tertiary/aromatic N) is 1. The van der Waals surface area contributed by atoms with Gasteiger partial charge in [-0.05, 0) is 77.0 Å². The van der Waals surface area contributed by atoms with Crippen LogP contribution in [0.5, 0.6) is 0 Å². The lowest BCUT2D eigenvalue weighted by molar-refractivity contribution is -0.870. The van der Waals surface area contributed by atoms with E-state index in [0.29, 0.717) is 17.4 Å². The molecule has 0 aliphatic rings. The third-order valence-corrected chi connectivity index (χ3v) is 18.6. The molecule has 90 heavy (non-hydrogen) atoms. The third kappa shape index (κ3) is 73.1. The van der Waals surface area contributed by atoms with Crippen LogP contribution in [0, 0.1) is 0 Å². The molecular formula is C81H151N2O6P. The molecule has 9 heteroatoms. The summed E-state index contributed by atoms with van der Waals surface area (Å²) in [6.45, 7) is 4.56. The van der Waals surface area contributed by atoms with Gasteiger partial charge in [-0.25, -0.2) is 0 Å². The molecule has 3 atom stereocenters. The largest absolute Gasteiger partial charge is 0.756 e. The van der Waals surface area contributed by atoms with Crippen molar-refractivity contribution >= 4 is 13.7 Å². The van der Waals surface area contributed by atoms with Crippen LogP contribution in [0.4, 0.5) is 0 Å². The van der Waals surface area contributed by atoms with Crippen molar-refractivity contribution in [2.45, 2.75) is 386 Å². The lowest BCUT2D eigenvalue weighted by Gasteiger charge is -2.29. The molecule has 0 aromatic carbocycles. The van der Waals surface area contributed by atoms with E-state index >= 15 is 0 Å². The summed E-state index contributed by atoms with van der Waals surface area (Å²) in [7, 11) is 1.26. The Balaban J connectivity index is 3.96. The van der Waals surface area contributed by atoms with Crippen molar-refractivity contribution in [2.24, 2.45) is 0 Å². The molecule has 0 spiro atoms. The Morgan fingerprint density at radius 3 is 1.03 bits per heavy atom. The Morgan fingerprint density at radius 2 is 0.689 bits per heavy atom. The van der Waals surface area contributed by atoms with Crippen LogP contribution >= 0.6 is 7.82 Å². The van der Waals surface area contributed by atoms with Crippen molar-refractivity contribution in [1.29, 1.82) is 0 Å². The molecule has 0 aromatic rings. The summed E-state index contributed by atoms with van der Waals surface area (Å²) in [6.07, 6.45) is 102. The first kappa shape index (κ1) is 87.7. The van der Waals surface area contributed by atoms with Gasteiger partial charge in [0, 0.05) is 6.42 Å². The van der Waals surface area contributed by atoms with Crippen molar-refractivity contribution in [2.75, 3.05) is 40.9 Å². The van der Waals surface area contributed by atoms with E-state index in [-0.39, 0.29) is 12.5 Å². The lowest BCUT2D eigenvalue weighted by Crippen LogP contribution is -2.45. The van der Waals surface area contributed by atoms with Gasteiger partial charge in [-0.15, -0.1) is 0 Å². The number of carbonyl (C=O) groups excluding carboxylic acids is 1. The predicted molar refractivity (Wildman–Crippen MR) is 394 cm³/mol. The summed E-state index contributed by atoms with van der Waals surface area (Å²) in [4.78, 5) is 25.7. The SMILES string of the molecule is CC/C=C\C/C=C\C/C=C\C/C=C\C/C=C\CCCCCCCCCCCCCCCCCCCCCCCCCCCC(=O)NC(COP(=O)([O-])OCC[N+](C)(C)C)C(O)/C=C/CC/C=C/CCCCCCCCCCCCCCCCCCCCCCC. The van der Waals surface area contributed by atoms with Crippen molar-refractivity contribution < 1.29 is 32.9 Å². The minimum Gasteiger partial charge on any atom is -0.756 e. The van der Waals surface area contributed by atoms with Gasteiger partial charge in [0.15, 0.2) is 0 Å². The minimum atomic E-state index is -4.62. The number of rotatable bonds is 72. The number of aliphatic hydroxyl groups is 1. The smallest absolute Gasteiger partial charge is 0.268 e. The minimum absolute atomic E-state index is 0.00613. The zero-order chi connectivity index (χ0) is 65.5. The molecule has 2 N–H and O–H groups in total. The first-order valence-corrected chi connectivity index (χ1v) is 40.4. The fourth-order valence-electron chi connectivity index (χ4n) is 11.6. The van der Waals surface area contributed by atoms with Crippen LogP contribution in [0.25, 0.3) is 0 Å². The molecule has 0 aromatic heterocycles. The molecule has 0 aliphatic heterocycles. The zero-order valence-electron chi connectivity index (χ0n) is 60.3. The Labute approximate surface area is 560 Å². The third-order valence-electron chi connectivity index (χ3n) is 17.6. The molecular weight excluding hydrogens is 1130 g/mol. The maximum absolute atomic E-state index is 13.1. The number of phosphoric ester groups is 1. The van der Waals surface area contributed by atoms with Gasteiger partial charge in [-0.3, -0.25) is 9.36 Å². The van der Waals surface area contributed by atoms with E-state index in [9.17, 15) is 19.4 Å². The van der Waals surface area contributed by atoms with Crippen LogP contribution in [0.1, 0.15) is 373 Å². The van der Waals surface area contributed by atoms with Crippen LogP contribution < -0.4 is 10.2 Å². The Hall–Kier alpha value is -2.32. The molecule has 0 fully saturated rings. The molecule has 0 rings (SSSR count). The molecule has 0 radical (unpaired) electrons. The molecule has 0 heterocycles. The molecule has 0 bridgehead atoms. The van der Waals surface area contributed by atoms with Crippen molar-refractivity contribution in [1.82, 2.24) is 5.32 Å². The number of hydrogen-bond donors (Lipinski definition) is 2. The molecule has 1 amide bonds. The first-order chi connectivity index (χ1) is 44.0. The number of unbranched alkanes of at least 4 members (excludes halogenated alkanes) is 47. The van der Waals surface area contributed by atoms with Gasteiger partial charge in [-0.2, -0.15) is 0 Å². The standard InChI is InChI=1S/C81H151N2O6P/c1-6-8-10-12-14-16-18-20-22-24-26-28-30-32-34-35-36-37-38-39-40-41-42-43-44-45-46-47-49-51-53-55-57-59-61-63-65-67-69-71-73-75-81(85)82-79(78-89-90(86,87)88-77-76-83(3,4)5)80(84)74-72-70-68-66-64-62-60-58-56-54-52-50-48-33-31-29-27-25-23-21-19-17-15-13-11-9-7-2/h8,10,14,16,20,22,26,28,32,34,64,66,72,74,79-80,84H,6-7,9,11-13,15,17-19,21,23-25,27,29-31,33,35-63,65,67-71,73,75-78H2,1-5H3,(H-,82,85,86,87)/b10-8-,16-14-,22-20-,28-26-,34-32-,66-64+,74-72+. The molecule has 0 saturated heterocycles. The summed E-state index contributed by atoms with van der Waals surface area (Å²) >= 11 is 0. The van der Waals surface area contributed by atoms with Crippen LogP contribution in [0.3, 0.4) is 0 Å². The number of aliphatic hydroxyl groups excluding tert-OH is 1. The Kier molecular flexibility index (Phi) is 69.2. The summed E-state index contributed by atoms with van der Waals surface area (Å²) in [5.74, 6) is -0.201. The number of likely N-dealkylation sites (N-methyl/N-ethyl adjacent to an activating group) is 1. The highest BCUT2D eigenvalue weighted by molar-refractivity contribution is 7.45. The van der Waals surface area contributed by atoms with E-state index < -0.39 is 26.6 Å². The predicted octanol–water partition coefficient (Wildman–Crippen LogP) is 24.8. The van der Waals surface area contributed by atoms with E-state index in [0.717, 1.165) is 70.6 Å². The van der Waals surface area contributed by atoms with Gasteiger partial charge >= 0.3 is 0 Å². The maximum Gasteiger partial charge on any atom is 0.268 e. The highest BCUT2D eigenvalue weighted by Gasteiger charge is 2.23. The van der Waals surface area contributed by atoms with Gasteiger partial charge in [-0.1, -0.05) is 375 Å². The number of carbonyl (C=O) groups is 1. The monoisotopic (exact) mass is 1280 g/mol. The van der Waals surface area contributed by atoms with Crippen LogP contribution in [-0.4, -0.2) is 68.5 Å². The van der Waals surface area contributed by atoms with Gasteiger partial charge in [0.25, 0.3) is 7.82 Å². The second-order valence-electron chi connectivity index (χ2n) is 27.7. The second kappa shape index (κ2) is 71.0. The first-order valence-electron chi connectivity index (χ1n) is 38.9. The van der Waals surface area contributed by atoms with Gasteiger partial charge in [0.1, 0.15) is 13.2 Å². The normalized spacial score (nSPS) is 14.0. The van der Waals surface area contributed by atoms with Crippen molar-refractivity contribution in [3.8, 4) is 0 Å². The summed E-state index contributed by atoms with van der Waals surface area (Å²) in [5.41, 5.74) is 0. The average Bonchev–Trinajstić information content (AvgIpc) is 3.09. The molecule has 0 saturated carbocycles. The average molecular weight is 1280 g/mol. The molecule has 0 aliphatic carbocycles.